The van der Waals surface area contributed by atoms with Crippen molar-refractivity contribution in [2.75, 3.05) is 0 Å². The van der Waals surface area contributed by atoms with Gasteiger partial charge < -0.3 is 0 Å². The highest BCUT2D eigenvalue weighted by Gasteiger charge is 2.49. The second-order valence-electron chi connectivity index (χ2n) is 12.3. The number of pyridine rings is 1. The lowest BCUT2D eigenvalue weighted by Gasteiger charge is -2.48. The first-order valence-corrected chi connectivity index (χ1v) is 14.0. The van der Waals surface area contributed by atoms with Gasteiger partial charge in [-0.25, -0.2) is 0 Å². The Morgan fingerprint density at radius 2 is 1.67 bits per heavy atom. The van der Waals surface area contributed by atoms with Gasteiger partial charge in [0, 0.05) is 23.7 Å². The molecule has 2 aromatic rings. The highest BCUT2D eigenvalue weighted by atomic mass is 14.6. The SMILES string of the molecule is CC/C=C\[C@]1(C)c2cc3c(cc2[C@@H](C/C=C(\C)c2ccncc2)[C@@H](C)[C@H]1C)C(C)(C)C1C=CC=C[C@H]31. The normalized spacial score (nSPS) is 32.4. The second kappa shape index (κ2) is 9.33. The first-order chi connectivity index (χ1) is 17.2. The predicted octanol–water partition coefficient (Wildman–Crippen LogP) is 9.29. The van der Waals surface area contributed by atoms with Gasteiger partial charge in [-0.05, 0) is 94.4 Å². The van der Waals surface area contributed by atoms with Gasteiger partial charge in [-0.15, -0.1) is 0 Å². The molecule has 1 nitrogen and oxygen atoms in total. The Kier molecular flexibility index (Phi) is 6.48. The van der Waals surface area contributed by atoms with Crippen LogP contribution in [0.5, 0.6) is 0 Å². The van der Waals surface area contributed by atoms with Crippen molar-refractivity contribution in [3.05, 3.63) is 107 Å². The lowest BCUT2D eigenvalue weighted by molar-refractivity contribution is 0.213. The van der Waals surface area contributed by atoms with E-state index in [9.17, 15) is 0 Å². The predicted molar refractivity (Wildman–Crippen MR) is 154 cm³/mol. The van der Waals surface area contributed by atoms with Crippen molar-refractivity contribution in [1.82, 2.24) is 4.98 Å². The molecule has 3 aliphatic carbocycles. The van der Waals surface area contributed by atoms with Gasteiger partial charge in [0.1, 0.15) is 0 Å². The molecule has 0 N–H and O–H groups in total. The Morgan fingerprint density at radius 1 is 0.972 bits per heavy atom. The van der Waals surface area contributed by atoms with E-state index in [2.05, 4.69) is 120 Å². The molecule has 0 bridgehead atoms. The molecule has 0 amide bonds. The quantitative estimate of drug-likeness (QED) is 0.391. The molecule has 1 heterocycles. The molecule has 5 rings (SSSR count). The van der Waals surface area contributed by atoms with E-state index in [0.717, 1.165) is 12.8 Å². The van der Waals surface area contributed by atoms with Crippen molar-refractivity contribution in [3.63, 3.8) is 0 Å². The molecule has 0 radical (unpaired) electrons. The van der Waals surface area contributed by atoms with Gasteiger partial charge in [-0.3, -0.25) is 4.98 Å². The van der Waals surface area contributed by atoms with Crippen LogP contribution < -0.4 is 0 Å². The van der Waals surface area contributed by atoms with E-state index in [4.69, 9.17) is 0 Å². The second-order valence-corrected chi connectivity index (χ2v) is 12.3. The third kappa shape index (κ3) is 3.87. The Bertz CT molecular complexity index is 1240. The molecule has 1 aromatic heterocycles. The molecule has 36 heavy (non-hydrogen) atoms. The molecule has 6 atom stereocenters. The minimum absolute atomic E-state index is 0.0522. The average molecular weight is 478 g/mol. The average Bonchev–Trinajstić information content (AvgIpc) is 3.12. The maximum atomic E-state index is 4.20. The standard InChI is InChI=1S/C35H43N/c1-8-9-18-35(7)25(4)24(3)27(15-14-23(2)26-16-19-36-20-17-26)29-21-32-30(22-33(29)35)28-12-10-11-13-31(28)34(32,5)6/h9-14,16-22,24-25,27-28,31H,8,15H2,1-7H3/b18-9-,23-14+/t24-,25+,27-,28+,31?,35-/m0/s1. The zero-order valence-electron chi connectivity index (χ0n) is 23.3. The summed E-state index contributed by atoms with van der Waals surface area (Å²) in [6.07, 6.45) is 22.7. The van der Waals surface area contributed by atoms with E-state index in [1.54, 1.807) is 22.3 Å². The molecule has 188 valence electrons. The van der Waals surface area contributed by atoms with E-state index in [1.165, 1.54) is 11.1 Å². The minimum Gasteiger partial charge on any atom is -0.265 e. The van der Waals surface area contributed by atoms with Crippen molar-refractivity contribution in [3.8, 4) is 0 Å². The van der Waals surface area contributed by atoms with Crippen LogP contribution in [0.2, 0.25) is 0 Å². The van der Waals surface area contributed by atoms with E-state index in [0.29, 0.717) is 29.6 Å². The zero-order valence-corrected chi connectivity index (χ0v) is 23.3. The number of aromatic nitrogens is 1. The fourth-order valence-corrected chi connectivity index (χ4v) is 7.42. The summed E-state index contributed by atoms with van der Waals surface area (Å²) >= 11 is 0. The Labute approximate surface area is 219 Å². The fourth-order valence-electron chi connectivity index (χ4n) is 7.42. The lowest BCUT2D eigenvalue weighted by Crippen LogP contribution is -2.41. The summed E-state index contributed by atoms with van der Waals surface area (Å²) in [6.45, 7) is 16.9. The topological polar surface area (TPSA) is 12.9 Å². The van der Waals surface area contributed by atoms with E-state index in [-0.39, 0.29) is 10.8 Å². The van der Waals surface area contributed by atoms with Crippen molar-refractivity contribution in [1.29, 1.82) is 0 Å². The van der Waals surface area contributed by atoms with E-state index in [1.807, 2.05) is 12.4 Å². The van der Waals surface area contributed by atoms with Gasteiger partial charge in [0.2, 0.25) is 0 Å². The number of allylic oxidation sites excluding steroid dienone is 8. The molecular formula is C35H43N. The summed E-state index contributed by atoms with van der Waals surface area (Å²) < 4.78 is 0. The number of hydrogen-bond acceptors (Lipinski definition) is 1. The monoisotopic (exact) mass is 477 g/mol. The molecule has 0 saturated carbocycles. The summed E-state index contributed by atoms with van der Waals surface area (Å²) in [5, 5.41) is 0. The van der Waals surface area contributed by atoms with Gasteiger partial charge in [-0.2, -0.15) is 0 Å². The minimum atomic E-state index is 0.0522. The van der Waals surface area contributed by atoms with Gasteiger partial charge in [0.25, 0.3) is 0 Å². The van der Waals surface area contributed by atoms with Gasteiger partial charge in [-0.1, -0.05) is 96.2 Å². The van der Waals surface area contributed by atoms with Gasteiger partial charge >= 0.3 is 0 Å². The van der Waals surface area contributed by atoms with Crippen LogP contribution in [-0.4, -0.2) is 4.98 Å². The smallest absolute Gasteiger partial charge is 0.0273 e. The van der Waals surface area contributed by atoms with Crippen LogP contribution in [0.3, 0.4) is 0 Å². The highest BCUT2D eigenvalue weighted by molar-refractivity contribution is 5.63. The van der Waals surface area contributed by atoms with Crippen LogP contribution in [0.15, 0.2) is 79.2 Å². The maximum Gasteiger partial charge on any atom is 0.0273 e. The van der Waals surface area contributed by atoms with Crippen LogP contribution in [0.1, 0.15) is 101 Å². The maximum absolute atomic E-state index is 4.20. The fraction of sp³-hybridized carbons (Fsp3) is 0.457. The van der Waals surface area contributed by atoms with E-state index < -0.39 is 0 Å². The zero-order chi connectivity index (χ0) is 25.7. The van der Waals surface area contributed by atoms with Crippen LogP contribution in [-0.2, 0) is 10.8 Å². The van der Waals surface area contributed by atoms with Gasteiger partial charge in [0.15, 0.2) is 0 Å². The van der Waals surface area contributed by atoms with Crippen LogP contribution >= 0.6 is 0 Å². The molecule has 0 saturated heterocycles. The summed E-state index contributed by atoms with van der Waals surface area (Å²) in [4.78, 5) is 4.20. The van der Waals surface area contributed by atoms with Crippen molar-refractivity contribution >= 4 is 5.57 Å². The molecule has 3 aliphatic rings. The lowest BCUT2D eigenvalue weighted by atomic mass is 9.56. The molecule has 1 aromatic carbocycles. The number of rotatable bonds is 5. The number of nitrogens with zero attached hydrogens (tertiary/aromatic N) is 1. The Morgan fingerprint density at radius 3 is 2.39 bits per heavy atom. The molecule has 1 unspecified atom stereocenters. The number of fused-ring (bicyclic) bond motifs is 4. The van der Waals surface area contributed by atoms with E-state index >= 15 is 0 Å². The Hall–Kier alpha value is -2.67. The third-order valence-corrected chi connectivity index (χ3v) is 10.1. The molecule has 0 spiro atoms. The Balaban J connectivity index is 1.66. The first kappa shape index (κ1) is 25.0. The van der Waals surface area contributed by atoms with Gasteiger partial charge in [0.05, 0.1) is 0 Å². The summed E-state index contributed by atoms with van der Waals surface area (Å²) in [5.74, 6) is 2.71. The van der Waals surface area contributed by atoms with Crippen LogP contribution in [0.4, 0.5) is 0 Å². The third-order valence-electron chi connectivity index (χ3n) is 10.1. The largest absolute Gasteiger partial charge is 0.265 e. The van der Waals surface area contributed by atoms with Crippen molar-refractivity contribution in [2.24, 2.45) is 17.8 Å². The van der Waals surface area contributed by atoms with Crippen molar-refractivity contribution < 1.29 is 0 Å². The summed E-state index contributed by atoms with van der Waals surface area (Å²) in [7, 11) is 0. The summed E-state index contributed by atoms with van der Waals surface area (Å²) in [6, 6.07) is 9.52. The molecular weight excluding hydrogens is 434 g/mol. The number of benzene rings is 1. The molecule has 0 aliphatic heterocycles. The van der Waals surface area contributed by atoms with Crippen molar-refractivity contribution in [2.45, 2.75) is 84.0 Å². The molecule has 0 fully saturated rings. The number of hydrogen-bond donors (Lipinski definition) is 0. The van der Waals surface area contributed by atoms with Crippen LogP contribution in [0.25, 0.3) is 5.57 Å². The first-order valence-electron chi connectivity index (χ1n) is 14.0. The summed E-state index contributed by atoms with van der Waals surface area (Å²) in [5.41, 5.74) is 9.09. The van der Waals surface area contributed by atoms with Crippen LogP contribution in [0, 0.1) is 17.8 Å². The highest BCUT2D eigenvalue weighted by Crippen LogP contribution is 2.58. The molecule has 1 heteroatoms.